The summed E-state index contributed by atoms with van der Waals surface area (Å²) in [6.45, 7) is 3.09. The molecule has 1 aliphatic rings. The third kappa shape index (κ3) is 5.06. The lowest BCUT2D eigenvalue weighted by Gasteiger charge is -2.37. The fourth-order valence-electron chi connectivity index (χ4n) is 1.88. The first-order chi connectivity index (χ1) is 10.4. The number of ether oxygens (including phenoxy) is 1. The van der Waals surface area contributed by atoms with Gasteiger partial charge in [-0.1, -0.05) is 18.2 Å². The molecule has 124 valence electrons. The molecule has 0 spiro atoms. The molecule has 0 aromatic heterocycles. The molecule has 2 rings (SSSR count). The minimum Gasteiger partial charge on any atom is -0.508 e. The number of phenols is 1. The van der Waals surface area contributed by atoms with Crippen molar-refractivity contribution < 1.29 is 35.4 Å². The molecule has 0 saturated carbocycles. The number of rotatable bonds is 3. The van der Waals surface area contributed by atoms with Crippen molar-refractivity contribution in [3.63, 3.8) is 0 Å². The van der Waals surface area contributed by atoms with Crippen molar-refractivity contribution >= 4 is 0 Å². The summed E-state index contributed by atoms with van der Waals surface area (Å²) in [5.74, 6) is 0.313. The molecule has 22 heavy (non-hydrogen) atoms. The number of aliphatic hydroxyl groups is 5. The molecule has 6 N–H and O–H groups in total. The third-order valence-electron chi connectivity index (χ3n) is 3.18. The van der Waals surface area contributed by atoms with Gasteiger partial charge < -0.3 is 35.4 Å². The third-order valence-corrected chi connectivity index (χ3v) is 3.18. The summed E-state index contributed by atoms with van der Waals surface area (Å²) < 4.78 is 4.58. The van der Waals surface area contributed by atoms with Crippen LogP contribution in [0.15, 0.2) is 36.9 Å². The molecule has 0 bridgehead atoms. The predicted molar refractivity (Wildman–Crippen MR) is 78.0 cm³/mol. The molecule has 0 amide bonds. The van der Waals surface area contributed by atoms with E-state index in [4.69, 9.17) is 30.6 Å². The van der Waals surface area contributed by atoms with Crippen molar-refractivity contribution in [2.75, 3.05) is 6.61 Å². The number of hydrogen-bond donors (Lipinski definition) is 6. The number of aromatic hydroxyl groups is 1. The fraction of sp³-hybridized carbons (Fsp3) is 0.467. The van der Waals surface area contributed by atoms with E-state index in [9.17, 15) is 0 Å². The molecule has 1 aromatic rings. The zero-order valence-corrected chi connectivity index (χ0v) is 12.0. The van der Waals surface area contributed by atoms with Crippen LogP contribution in [0.3, 0.4) is 0 Å². The fourth-order valence-corrected chi connectivity index (χ4v) is 1.88. The smallest absolute Gasteiger partial charge is 0.184 e. The normalized spacial score (nSPS) is 31.0. The van der Waals surface area contributed by atoms with Gasteiger partial charge in [-0.25, -0.2) is 0 Å². The van der Waals surface area contributed by atoms with Crippen LogP contribution in [0.4, 0.5) is 0 Å². The SMILES string of the molecule is C=CCc1ccc(O)cc1.OC[C@H]1OC(O)[C@H](O)[C@@H](O)[C@@H]1O. The minimum absolute atomic E-state index is 0.313. The largest absolute Gasteiger partial charge is 0.508 e. The summed E-state index contributed by atoms with van der Waals surface area (Å²) >= 11 is 0. The topological polar surface area (TPSA) is 131 Å². The van der Waals surface area contributed by atoms with Crippen LogP contribution < -0.4 is 0 Å². The van der Waals surface area contributed by atoms with E-state index in [-0.39, 0.29) is 0 Å². The molecule has 1 saturated heterocycles. The van der Waals surface area contributed by atoms with Gasteiger partial charge in [0.25, 0.3) is 0 Å². The summed E-state index contributed by atoms with van der Waals surface area (Å²) in [4.78, 5) is 0. The molecule has 1 fully saturated rings. The van der Waals surface area contributed by atoms with Crippen LogP contribution in [0.1, 0.15) is 5.56 Å². The van der Waals surface area contributed by atoms with E-state index in [0.717, 1.165) is 6.42 Å². The monoisotopic (exact) mass is 314 g/mol. The van der Waals surface area contributed by atoms with E-state index in [0.29, 0.717) is 5.75 Å². The van der Waals surface area contributed by atoms with Gasteiger partial charge in [-0.05, 0) is 24.1 Å². The van der Waals surface area contributed by atoms with E-state index in [2.05, 4.69) is 11.3 Å². The summed E-state index contributed by atoms with van der Waals surface area (Å²) in [6.07, 6.45) is -4.34. The highest BCUT2D eigenvalue weighted by Crippen LogP contribution is 2.19. The Morgan fingerprint density at radius 1 is 1.00 bits per heavy atom. The van der Waals surface area contributed by atoms with Crippen LogP contribution in [0, 0.1) is 0 Å². The molecule has 1 unspecified atom stereocenters. The van der Waals surface area contributed by atoms with Crippen LogP contribution in [0.25, 0.3) is 0 Å². The molecule has 1 aliphatic heterocycles. The van der Waals surface area contributed by atoms with Gasteiger partial charge in [-0.2, -0.15) is 0 Å². The number of aliphatic hydroxyl groups excluding tert-OH is 5. The summed E-state index contributed by atoms with van der Waals surface area (Å²) in [7, 11) is 0. The summed E-state index contributed by atoms with van der Waals surface area (Å²) in [5, 5.41) is 53.6. The van der Waals surface area contributed by atoms with Gasteiger partial charge in [0.05, 0.1) is 6.61 Å². The molecular weight excluding hydrogens is 292 g/mol. The number of phenolic OH excluding ortho intramolecular Hbond substituents is 1. The maximum absolute atomic E-state index is 9.12. The molecule has 1 aromatic carbocycles. The Labute approximate surface area is 128 Å². The van der Waals surface area contributed by atoms with Crippen molar-refractivity contribution in [3.05, 3.63) is 42.5 Å². The van der Waals surface area contributed by atoms with Crippen molar-refractivity contribution in [2.24, 2.45) is 0 Å². The molecule has 7 nitrogen and oxygen atoms in total. The number of hydrogen-bond acceptors (Lipinski definition) is 7. The van der Waals surface area contributed by atoms with Gasteiger partial charge in [-0.15, -0.1) is 6.58 Å². The summed E-state index contributed by atoms with van der Waals surface area (Å²) in [5.41, 5.74) is 1.17. The Bertz CT molecular complexity index is 443. The molecule has 5 atom stereocenters. The Kier molecular flexibility index (Phi) is 7.46. The van der Waals surface area contributed by atoms with E-state index in [1.165, 1.54) is 5.56 Å². The van der Waals surface area contributed by atoms with E-state index < -0.39 is 37.3 Å². The second kappa shape index (κ2) is 8.84. The molecule has 0 aliphatic carbocycles. The van der Waals surface area contributed by atoms with Gasteiger partial charge in [-0.3, -0.25) is 0 Å². The molecule has 0 radical (unpaired) electrons. The van der Waals surface area contributed by atoms with Crippen molar-refractivity contribution in [1.29, 1.82) is 0 Å². The van der Waals surface area contributed by atoms with Gasteiger partial charge in [0.2, 0.25) is 0 Å². The maximum Gasteiger partial charge on any atom is 0.184 e. The van der Waals surface area contributed by atoms with Gasteiger partial charge in [0.15, 0.2) is 6.29 Å². The lowest BCUT2D eigenvalue weighted by Crippen LogP contribution is -2.58. The Morgan fingerprint density at radius 2 is 1.59 bits per heavy atom. The lowest BCUT2D eigenvalue weighted by atomic mass is 10.00. The Morgan fingerprint density at radius 3 is 2.09 bits per heavy atom. The van der Waals surface area contributed by atoms with Crippen molar-refractivity contribution in [2.45, 2.75) is 37.1 Å². The first-order valence-corrected chi connectivity index (χ1v) is 6.78. The first-order valence-electron chi connectivity index (χ1n) is 6.78. The quantitative estimate of drug-likeness (QED) is 0.390. The second-order valence-electron chi connectivity index (χ2n) is 4.88. The average Bonchev–Trinajstić information content (AvgIpc) is 2.52. The molecular formula is C15H22O7. The van der Waals surface area contributed by atoms with Crippen molar-refractivity contribution in [3.8, 4) is 5.75 Å². The van der Waals surface area contributed by atoms with Gasteiger partial charge in [0.1, 0.15) is 30.2 Å². The van der Waals surface area contributed by atoms with Crippen LogP contribution in [0.2, 0.25) is 0 Å². The van der Waals surface area contributed by atoms with Crippen molar-refractivity contribution in [1.82, 2.24) is 0 Å². The molecule has 1 heterocycles. The van der Waals surface area contributed by atoms with E-state index in [1.54, 1.807) is 12.1 Å². The Balaban J connectivity index is 0.000000224. The van der Waals surface area contributed by atoms with E-state index in [1.807, 2.05) is 18.2 Å². The highest BCUT2D eigenvalue weighted by Gasteiger charge is 2.42. The highest BCUT2D eigenvalue weighted by atomic mass is 16.6. The molecule has 7 heteroatoms. The Hall–Kier alpha value is -1.48. The first kappa shape index (κ1) is 18.6. The van der Waals surface area contributed by atoms with Gasteiger partial charge in [0, 0.05) is 0 Å². The summed E-state index contributed by atoms with van der Waals surface area (Å²) in [6, 6.07) is 7.13. The number of benzene rings is 1. The minimum atomic E-state index is -1.57. The van der Waals surface area contributed by atoms with Gasteiger partial charge >= 0.3 is 0 Å². The van der Waals surface area contributed by atoms with Crippen LogP contribution in [0.5, 0.6) is 5.75 Å². The average molecular weight is 314 g/mol. The maximum atomic E-state index is 9.12. The second-order valence-corrected chi connectivity index (χ2v) is 4.88. The highest BCUT2D eigenvalue weighted by molar-refractivity contribution is 5.26. The zero-order chi connectivity index (χ0) is 16.7. The zero-order valence-electron chi connectivity index (χ0n) is 12.0. The van der Waals surface area contributed by atoms with Crippen LogP contribution in [-0.4, -0.2) is 68.0 Å². The lowest BCUT2D eigenvalue weighted by molar-refractivity contribution is -0.286. The predicted octanol–water partition coefficient (Wildman–Crippen LogP) is -1.10. The standard InChI is InChI=1S/C9H10O.C6H12O6/c1-2-3-8-4-6-9(10)7-5-8;7-1-2-3(8)4(9)5(10)6(11)12-2/h2,4-7,10H,1,3H2;2-11H,1H2/t;2-,3-,4+,5-,6?/m.1/s1. The number of allylic oxidation sites excluding steroid dienone is 1. The van der Waals surface area contributed by atoms with Crippen LogP contribution >= 0.6 is 0 Å². The van der Waals surface area contributed by atoms with Crippen LogP contribution in [-0.2, 0) is 11.2 Å². The van der Waals surface area contributed by atoms with E-state index >= 15 is 0 Å².